The molecule has 2 aromatic rings. The summed E-state index contributed by atoms with van der Waals surface area (Å²) in [7, 11) is -3.83. The van der Waals surface area contributed by atoms with E-state index in [1.807, 2.05) is 45.0 Å². The third kappa shape index (κ3) is 6.66. The molecule has 0 saturated carbocycles. The van der Waals surface area contributed by atoms with Gasteiger partial charge in [-0.1, -0.05) is 24.3 Å². The van der Waals surface area contributed by atoms with Gasteiger partial charge in [-0.05, 0) is 51.0 Å². The number of anilines is 1. The summed E-state index contributed by atoms with van der Waals surface area (Å²) < 4.78 is 37.6. The van der Waals surface area contributed by atoms with Gasteiger partial charge in [0.2, 0.25) is 21.8 Å². The monoisotopic (exact) mass is 503 g/mol. The fourth-order valence-corrected chi connectivity index (χ4v) is 4.60. The molecule has 1 aliphatic heterocycles. The quantitative estimate of drug-likeness (QED) is 0.564. The number of nitrogens with zero attached hydrogens (tertiary/aromatic N) is 2. The highest BCUT2D eigenvalue weighted by atomic mass is 32.2. The van der Waals surface area contributed by atoms with E-state index in [-0.39, 0.29) is 24.2 Å². The van der Waals surface area contributed by atoms with Crippen LogP contribution in [0, 0.1) is 6.92 Å². The molecule has 3 rings (SSSR count). The average Bonchev–Trinajstić information content (AvgIpc) is 2.80. The van der Waals surface area contributed by atoms with Crippen molar-refractivity contribution in [3.8, 4) is 11.5 Å². The fourth-order valence-electron chi connectivity index (χ4n) is 3.76. The van der Waals surface area contributed by atoms with Crippen LogP contribution in [-0.4, -0.2) is 63.2 Å². The Labute approximate surface area is 207 Å². The van der Waals surface area contributed by atoms with Gasteiger partial charge in [-0.2, -0.15) is 0 Å². The fraction of sp³-hybridized carbons (Fsp3) is 0.440. The van der Waals surface area contributed by atoms with Crippen LogP contribution in [0.2, 0.25) is 0 Å². The molecular formula is C25H33N3O6S. The van der Waals surface area contributed by atoms with Crippen molar-refractivity contribution < 1.29 is 27.5 Å². The number of carbonyl (C=O) groups is 2. The standard InChI is InChI=1S/C25H33N3O6S/c1-17(2)26-25(30)19(4)27(15-20-9-7-6-8-18(20)3)24(29)16-28(35(5,31)32)21-10-11-22-23(14-21)34-13-12-33-22/h6-11,14,17,19H,12-13,15-16H2,1-5H3,(H,26,30). The van der Waals surface area contributed by atoms with Crippen molar-refractivity contribution in [2.24, 2.45) is 0 Å². The number of ether oxygens (including phenoxy) is 2. The van der Waals surface area contributed by atoms with Crippen LogP contribution in [0.3, 0.4) is 0 Å². The molecule has 0 radical (unpaired) electrons. The van der Waals surface area contributed by atoms with Crippen molar-refractivity contribution >= 4 is 27.5 Å². The Hall–Kier alpha value is -3.27. The van der Waals surface area contributed by atoms with Gasteiger partial charge in [-0.3, -0.25) is 13.9 Å². The first-order valence-corrected chi connectivity index (χ1v) is 13.3. The highest BCUT2D eigenvalue weighted by Gasteiger charge is 2.31. The third-order valence-electron chi connectivity index (χ3n) is 5.69. The molecule has 0 fully saturated rings. The number of fused-ring (bicyclic) bond motifs is 1. The largest absolute Gasteiger partial charge is 0.486 e. The molecule has 1 heterocycles. The van der Waals surface area contributed by atoms with Gasteiger partial charge in [-0.25, -0.2) is 8.42 Å². The number of rotatable bonds is 9. The zero-order valence-corrected chi connectivity index (χ0v) is 21.6. The maximum Gasteiger partial charge on any atom is 0.244 e. The van der Waals surface area contributed by atoms with E-state index < -0.39 is 28.5 Å². The maximum atomic E-state index is 13.6. The highest BCUT2D eigenvalue weighted by molar-refractivity contribution is 7.92. The van der Waals surface area contributed by atoms with E-state index in [4.69, 9.17) is 9.47 Å². The molecule has 1 unspecified atom stereocenters. The molecule has 9 nitrogen and oxygen atoms in total. The molecule has 35 heavy (non-hydrogen) atoms. The first kappa shape index (κ1) is 26.3. The maximum absolute atomic E-state index is 13.6. The molecular weight excluding hydrogens is 470 g/mol. The summed E-state index contributed by atoms with van der Waals surface area (Å²) in [5, 5.41) is 2.83. The van der Waals surface area contributed by atoms with Gasteiger partial charge in [0.05, 0.1) is 11.9 Å². The molecule has 10 heteroatoms. The first-order chi connectivity index (χ1) is 16.5. The number of aryl methyl sites for hydroxylation is 1. The van der Waals surface area contributed by atoms with Gasteiger partial charge in [0.25, 0.3) is 0 Å². The van der Waals surface area contributed by atoms with Crippen LogP contribution >= 0.6 is 0 Å². The third-order valence-corrected chi connectivity index (χ3v) is 6.83. The predicted octanol–water partition coefficient (Wildman–Crippen LogP) is 2.47. The van der Waals surface area contributed by atoms with Gasteiger partial charge < -0.3 is 19.7 Å². The summed E-state index contributed by atoms with van der Waals surface area (Å²) in [5.74, 6) is 0.114. The minimum Gasteiger partial charge on any atom is -0.486 e. The molecule has 0 aliphatic carbocycles. The lowest BCUT2D eigenvalue weighted by Crippen LogP contribution is -2.52. The molecule has 2 aromatic carbocycles. The molecule has 1 aliphatic rings. The van der Waals surface area contributed by atoms with Crippen molar-refractivity contribution in [1.29, 1.82) is 0 Å². The van der Waals surface area contributed by atoms with E-state index in [0.717, 1.165) is 21.7 Å². The second kappa shape index (κ2) is 11.0. The minimum absolute atomic E-state index is 0.106. The van der Waals surface area contributed by atoms with Crippen LogP contribution in [0.15, 0.2) is 42.5 Å². The Bertz CT molecular complexity index is 1180. The minimum atomic E-state index is -3.83. The van der Waals surface area contributed by atoms with Gasteiger partial charge in [-0.15, -0.1) is 0 Å². The Morgan fingerprint density at radius 2 is 1.69 bits per heavy atom. The lowest BCUT2D eigenvalue weighted by molar-refractivity contribution is -0.139. The normalized spacial score (nSPS) is 13.8. The van der Waals surface area contributed by atoms with Crippen molar-refractivity contribution in [2.75, 3.05) is 30.3 Å². The Morgan fingerprint density at radius 3 is 2.31 bits per heavy atom. The average molecular weight is 504 g/mol. The zero-order chi connectivity index (χ0) is 25.8. The van der Waals surface area contributed by atoms with E-state index in [9.17, 15) is 18.0 Å². The van der Waals surface area contributed by atoms with E-state index in [2.05, 4.69) is 5.32 Å². The van der Waals surface area contributed by atoms with Crippen molar-refractivity contribution in [1.82, 2.24) is 10.2 Å². The second-order valence-electron chi connectivity index (χ2n) is 8.88. The van der Waals surface area contributed by atoms with Crippen molar-refractivity contribution in [3.05, 3.63) is 53.6 Å². The molecule has 1 N–H and O–H groups in total. The van der Waals surface area contributed by atoms with Gasteiger partial charge in [0, 0.05) is 18.7 Å². The number of sulfonamides is 1. The smallest absolute Gasteiger partial charge is 0.244 e. The topological polar surface area (TPSA) is 105 Å². The van der Waals surface area contributed by atoms with Crippen molar-refractivity contribution in [2.45, 2.75) is 46.3 Å². The Kier molecular flexibility index (Phi) is 8.26. The molecule has 0 aromatic heterocycles. The van der Waals surface area contributed by atoms with E-state index in [1.165, 1.54) is 4.90 Å². The lowest BCUT2D eigenvalue weighted by atomic mass is 10.1. The molecule has 0 spiro atoms. The van der Waals surface area contributed by atoms with E-state index in [1.54, 1.807) is 25.1 Å². The summed E-state index contributed by atoms with van der Waals surface area (Å²) in [5.41, 5.74) is 2.11. The first-order valence-electron chi connectivity index (χ1n) is 11.5. The molecule has 1 atom stereocenters. The molecule has 190 valence electrons. The number of carbonyl (C=O) groups excluding carboxylic acids is 2. The van der Waals surface area contributed by atoms with Crippen molar-refractivity contribution in [3.63, 3.8) is 0 Å². The zero-order valence-electron chi connectivity index (χ0n) is 20.8. The van der Waals surface area contributed by atoms with E-state index in [0.29, 0.717) is 24.7 Å². The summed E-state index contributed by atoms with van der Waals surface area (Å²) in [6.07, 6.45) is 1.04. The molecule has 0 bridgehead atoms. The second-order valence-corrected chi connectivity index (χ2v) is 10.8. The van der Waals surface area contributed by atoms with Crippen LogP contribution in [0.4, 0.5) is 5.69 Å². The summed E-state index contributed by atoms with van der Waals surface area (Å²) >= 11 is 0. The molecule has 0 saturated heterocycles. The lowest BCUT2D eigenvalue weighted by Gasteiger charge is -2.32. The summed E-state index contributed by atoms with van der Waals surface area (Å²) in [6.45, 7) is 7.70. The number of hydrogen-bond acceptors (Lipinski definition) is 6. The number of nitrogens with one attached hydrogen (secondary N) is 1. The highest BCUT2D eigenvalue weighted by Crippen LogP contribution is 2.34. The van der Waals surface area contributed by atoms with Crippen LogP contribution in [0.25, 0.3) is 0 Å². The Morgan fingerprint density at radius 1 is 1.03 bits per heavy atom. The van der Waals surface area contributed by atoms with E-state index >= 15 is 0 Å². The van der Waals surface area contributed by atoms with Crippen LogP contribution in [0.1, 0.15) is 31.9 Å². The number of hydrogen-bond donors (Lipinski definition) is 1. The van der Waals surface area contributed by atoms with Gasteiger partial charge in [0.15, 0.2) is 11.5 Å². The van der Waals surface area contributed by atoms with Gasteiger partial charge in [0.1, 0.15) is 25.8 Å². The number of amides is 2. The predicted molar refractivity (Wildman–Crippen MR) is 134 cm³/mol. The Balaban J connectivity index is 1.93. The van der Waals surface area contributed by atoms with Gasteiger partial charge >= 0.3 is 0 Å². The SMILES string of the molecule is Cc1ccccc1CN(C(=O)CN(c1ccc2c(c1)OCCO2)S(C)(=O)=O)C(C)C(=O)NC(C)C. The summed E-state index contributed by atoms with van der Waals surface area (Å²) in [4.78, 5) is 27.8. The van der Waals surface area contributed by atoms with Crippen LogP contribution < -0.4 is 19.1 Å². The molecule has 2 amide bonds. The van der Waals surface area contributed by atoms with Crippen LogP contribution in [-0.2, 0) is 26.2 Å². The summed E-state index contributed by atoms with van der Waals surface area (Å²) in [6, 6.07) is 11.4. The number of benzene rings is 2. The van der Waals surface area contributed by atoms with Crippen LogP contribution in [0.5, 0.6) is 11.5 Å².